The molecule has 2 rings (SSSR count). The Labute approximate surface area is 131 Å². The normalized spacial score (nSPS) is 10.8. The van der Waals surface area contributed by atoms with Gasteiger partial charge in [-0.05, 0) is 17.7 Å². The van der Waals surface area contributed by atoms with Crippen LogP contribution in [0.1, 0.15) is 11.3 Å². The third-order valence-corrected chi connectivity index (χ3v) is 3.09. The largest absolute Gasteiger partial charge is 0.357 e. The Morgan fingerprint density at radius 1 is 1.04 bits per heavy atom. The van der Waals surface area contributed by atoms with E-state index >= 15 is 0 Å². The number of aromatic amines is 2. The minimum Gasteiger partial charge on any atom is -0.301 e. The average Bonchev–Trinajstić information content (AvgIpc) is 2.44. The Morgan fingerprint density at radius 3 is 2.35 bits per heavy atom. The van der Waals surface area contributed by atoms with Gasteiger partial charge in [-0.1, -0.05) is 17.7 Å². The molecule has 118 valence electrons. The summed E-state index contributed by atoms with van der Waals surface area (Å²) in [4.78, 5) is 46.6. The first-order chi connectivity index (χ1) is 10.8. The van der Waals surface area contributed by atoms with Gasteiger partial charge in [-0.3, -0.25) is 30.0 Å². The molecule has 1 heterocycles. The van der Waals surface area contributed by atoms with E-state index in [1.807, 2.05) is 0 Å². The van der Waals surface area contributed by atoms with Crippen LogP contribution < -0.4 is 11.2 Å². The smallest absolute Gasteiger partial charge is 0.301 e. The number of hydrogen-bond acceptors (Lipinski definition) is 6. The van der Waals surface area contributed by atoms with Crippen LogP contribution in [0.3, 0.4) is 0 Å². The van der Waals surface area contributed by atoms with E-state index in [-0.39, 0.29) is 22.0 Å². The Bertz CT molecular complexity index is 945. The van der Waals surface area contributed by atoms with Crippen LogP contribution in [0.5, 0.6) is 0 Å². The number of nitro groups is 2. The summed E-state index contributed by atoms with van der Waals surface area (Å²) in [6.45, 7) is 0. The van der Waals surface area contributed by atoms with E-state index in [1.54, 1.807) is 4.98 Å². The van der Waals surface area contributed by atoms with E-state index in [0.717, 1.165) is 12.1 Å². The highest BCUT2D eigenvalue weighted by Gasteiger charge is 2.19. The van der Waals surface area contributed by atoms with E-state index in [1.165, 1.54) is 18.2 Å². The fraction of sp³-hybridized carbons (Fsp3) is 0. The molecule has 1 aromatic carbocycles. The zero-order valence-corrected chi connectivity index (χ0v) is 11.9. The lowest BCUT2D eigenvalue weighted by atomic mass is 10.1. The van der Waals surface area contributed by atoms with Crippen molar-refractivity contribution in [3.63, 3.8) is 0 Å². The summed E-state index contributed by atoms with van der Waals surface area (Å²) in [5.74, 6) is 0. The van der Waals surface area contributed by atoms with Crippen LogP contribution in [0, 0.1) is 20.2 Å². The van der Waals surface area contributed by atoms with Crippen molar-refractivity contribution in [3.05, 3.63) is 75.5 Å². The molecule has 0 atom stereocenters. The molecule has 10 nitrogen and oxygen atoms in total. The third-order valence-electron chi connectivity index (χ3n) is 2.75. The topological polar surface area (TPSA) is 152 Å². The molecule has 1 aromatic heterocycles. The number of benzene rings is 1. The lowest BCUT2D eigenvalue weighted by Crippen LogP contribution is -2.25. The molecule has 0 aliphatic carbocycles. The molecule has 2 N–H and O–H groups in total. The van der Waals surface area contributed by atoms with E-state index in [9.17, 15) is 29.8 Å². The number of hydrogen-bond donors (Lipinski definition) is 2. The lowest BCUT2D eigenvalue weighted by Gasteiger charge is -1.99. The molecular weight excluding hydrogens is 332 g/mol. The van der Waals surface area contributed by atoms with Gasteiger partial charge in [0, 0.05) is 17.2 Å². The van der Waals surface area contributed by atoms with Gasteiger partial charge in [0.1, 0.15) is 5.69 Å². The molecule has 0 radical (unpaired) electrons. The van der Waals surface area contributed by atoms with Crippen LogP contribution in [-0.2, 0) is 0 Å². The zero-order valence-electron chi connectivity index (χ0n) is 11.1. The fourth-order valence-electron chi connectivity index (χ4n) is 1.74. The van der Waals surface area contributed by atoms with Gasteiger partial charge in [0.25, 0.3) is 5.69 Å². The van der Waals surface area contributed by atoms with Crippen LogP contribution in [0.25, 0.3) is 12.2 Å². The van der Waals surface area contributed by atoms with Crippen molar-refractivity contribution >= 4 is 35.1 Å². The summed E-state index contributed by atoms with van der Waals surface area (Å²) in [7, 11) is 0. The Balaban J connectivity index is 2.55. The van der Waals surface area contributed by atoms with Crippen LogP contribution in [-0.4, -0.2) is 19.8 Å². The molecule has 2 aromatic rings. The average molecular weight is 339 g/mol. The highest BCUT2D eigenvalue weighted by Crippen LogP contribution is 2.24. The summed E-state index contributed by atoms with van der Waals surface area (Å²) in [5.41, 5.74) is -3.35. The molecule has 0 bridgehead atoms. The molecule has 0 aliphatic heterocycles. The van der Waals surface area contributed by atoms with Gasteiger partial charge in [-0.25, -0.2) is 4.79 Å². The quantitative estimate of drug-likeness (QED) is 0.639. The van der Waals surface area contributed by atoms with Crippen molar-refractivity contribution in [1.29, 1.82) is 0 Å². The number of nitrogens with one attached hydrogen (secondary N) is 2. The summed E-state index contributed by atoms with van der Waals surface area (Å²) in [5, 5.41) is 21.8. The molecule has 0 saturated heterocycles. The number of rotatable bonds is 4. The highest BCUT2D eigenvalue weighted by atomic mass is 35.5. The molecule has 23 heavy (non-hydrogen) atoms. The van der Waals surface area contributed by atoms with Gasteiger partial charge >= 0.3 is 16.9 Å². The van der Waals surface area contributed by atoms with Crippen molar-refractivity contribution in [2.75, 3.05) is 0 Å². The maximum absolute atomic E-state index is 11.5. The van der Waals surface area contributed by atoms with Crippen LogP contribution in [0.15, 0.2) is 27.8 Å². The Hall–Kier alpha value is -3.27. The first kappa shape index (κ1) is 16.1. The van der Waals surface area contributed by atoms with Crippen LogP contribution in [0.2, 0.25) is 5.02 Å². The van der Waals surface area contributed by atoms with Gasteiger partial charge in [0.2, 0.25) is 0 Å². The van der Waals surface area contributed by atoms with Crippen LogP contribution in [0.4, 0.5) is 11.4 Å². The highest BCUT2D eigenvalue weighted by molar-refractivity contribution is 6.32. The lowest BCUT2D eigenvalue weighted by molar-refractivity contribution is -0.386. The third kappa shape index (κ3) is 3.49. The minimum atomic E-state index is -1.16. The predicted molar refractivity (Wildman–Crippen MR) is 81.4 cm³/mol. The Kier molecular flexibility index (Phi) is 4.37. The molecule has 0 saturated carbocycles. The molecule has 0 spiro atoms. The van der Waals surface area contributed by atoms with Crippen molar-refractivity contribution in [1.82, 2.24) is 9.97 Å². The van der Waals surface area contributed by atoms with E-state index in [2.05, 4.69) is 4.98 Å². The number of H-pyrrole nitrogens is 2. The van der Waals surface area contributed by atoms with E-state index < -0.39 is 26.8 Å². The maximum Gasteiger partial charge on any atom is 0.357 e. The molecule has 0 amide bonds. The standard InChI is InChI=1S/C12H7ClN4O6/c13-8-3-2-7(16(20)21)5-6(8)1-4-9-10(17(22)23)11(18)15-12(19)14-9/h1-5H,(H2,14,15,18,19)/b4-1+. The molecule has 0 fully saturated rings. The number of non-ortho nitro benzene ring substituents is 1. The molecule has 11 heteroatoms. The second-order valence-corrected chi connectivity index (χ2v) is 4.63. The number of halogens is 1. The fourth-order valence-corrected chi connectivity index (χ4v) is 1.93. The number of nitro benzene ring substituents is 1. The number of aromatic nitrogens is 2. The maximum atomic E-state index is 11.5. The zero-order chi connectivity index (χ0) is 17.1. The summed E-state index contributed by atoms with van der Waals surface area (Å²) < 4.78 is 0. The van der Waals surface area contributed by atoms with Crippen molar-refractivity contribution in [2.45, 2.75) is 0 Å². The first-order valence-corrected chi connectivity index (χ1v) is 6.30. The van der Waals surface area contributed by atoms with Crippen molar-refractivity contribution in [3.8, 4) is 0 Å². The minimum absolute atomic E-state index is 0.154. The summed E-state index contributed by atoms with van der Waals surface area (Å²) >= 11 is 5.88. The summed E-state index contributed by atoms with van der Waals surface area (Å²) in [6.07, 6.45) is 2.28. The van der Waals surface area contributed by atoms with E-state index in [4.69, 9.17) is 11.6 Å². The van der Waals surface area contributed by atoms with Gasteiger partial charge in [-0.2, -0.15) is 0 Å². The predicted octanol–water partition coefficient (Wildman–Crippen LogP) is 1.70. The van der Waals surface area contributed by atoms with Gasteiger partial charge in [-0.15, -0.1) is 0 Å². The second-order valence-electron chi connectivity index (χ2n) is 4.22. The van der Waals surface area contributed by atoms with Crippen molar-refractivity contribution in [2.24, 2.45) is 0 Å². The monoisotopic (exact) mass is 338 g/mol. The second kappa shape index (κ2) is 6.23. The molecule has 0 aliphatic rings. The van der Waals surface area contributed by atoms with Crippen LogP contribution >= 0.6 is 11.6 Å². The molecule has 0 unspecified atom stereocenters. The SMILES string of the molecule is O=c1[nH]c(/C=C/c2cc([N+](=O)[O-])ccc2Cl)c([N+](=O)[O-])c(=O)[nH]1. The van der Waals surface area contributed by atoms with Gasteiger partial charge in [0.15, 0.2) is 0 Å². The molecular formula is C12H7ClN4O6. The summed E-state index contributed by atoms with van der Waals surface area (Å²) in [6, 6.07) is 3.63. The van der Waals surface area contributed by atoms with E-state index in [0.29, 0.717) is 0 Å². The first-order valence-electron chi connectivity index (χ1n) is 5.92. The van der Waals surface area contributed by atoms with Gasteiger partial charge in [0.05, 0.1) is 9.85 Å². The Morgan fingerprint density at radius 2 is 1.74 bits per heavy atom. The van der Waals surface area contributed by atoms with Crippen molar-refractivity contribution < 1.29 is 9.85 Å². The number of nitrogens with zero attached hydrogens (tertiary/aromatic N) is 2. The van der Waals surface area contributed by atoms with Gasteiger partial charge < -0.3 is 4.98 Å².